The summed E-state index contributed by atoms with van der Waals surface area (Å²) in [5.74, 6) is 1.23. The lowest BCUT2D eigenvalue weighted by Gasteiger charge is -2.32. The van der Waals surface area contributed by atoms with E-state index in [1.165, 1.54) is 0 Å². The van der Waals surface area contributed by atoms with Gasteiger partial charge >= 0.3 is 0 Å². The Balaban J connectivity index is 1.38. The summed E-state index contributed by atoms with van der Waals surface area (Å²) >= 11 is 0. The second-order valence-corrected chi connectivity index (χ2v) is 8.80. The molecule has 2 aromatic rings. The van der Waals surface area contributed by atoms with Gasteiger partial charge in [-0.1, -0.05) is 23.8 Å². The molecule has 1 amide bonds. The van der Waals surface area contributed by atoms with E-state index < -0.39 is 0 Å². The summed E-state index contributed by atoms with van der Waals surface area (Å²) in [6.45, 7) is 5.39. The Morgan fingerprint density at radius 3 is 2.67 bits per heavy atom. The van der Waals surface area contributed by atoms with Crippen LogP contribution in [0.4, 0.5) is 17.5 Å². The number of allylic oxidation sites excluding steroid dienone is 2. The zero-order chi connectivity index (χ0) is 23.3. The van der Waals surface area contributed by atoms with Crippen LogP contribution >= 0.6 is 0 Å². The average Bonchev–Trinajstić information content (AvgIpc) is 2.80. The zero-order valence-corrected chi connectivity index (χ0v) is 19.1. The standard InChI is InChI=1S/C25H29N7O/c1-25(11-3-4-19(18-25)9-12-26)30-22-10-13-27-24(29-22)28-21-7-5-20(6-8-21)23(33)32-16-14-31(2)15-17-32/h3-8,10-11,13H,9,14-18H2,1-2H3,(H2,27,28,29,30). The third-order valence-corrected chi connectivity index (χ3v) is 5.94. The Morgan fingerprint density at radius 1 is 1.18 bits per heavy atom. The number of anilines is 3. The van der Waals surface area contributed by atoms with E-state index in [1.807, 2.05) is 47.4 Å². The Kier molecular flexibility index (Phi) is 6.71. The van der Waals surface area contributed by atoms with Gasteiger partial charge < -0.3 is 20.4 Å². The number of rotatable bonds is 6. The smallest absolute Gasteiger partial charge is 0.253 e. The summed E-state index contributed by atoms with van der Waals surface area (Å²) in [4.78, 5) is 25.8. The van der Waals surface area contributed by atoms with Gasteiger partial charge in [0.05, 0.1) is 18.0 Å². The van der Waals surface area contributed by atoms with Gasteiger partial charge in [-0.3, -0.25) is 4.79 Å². The largest absolute Gasteiger partial charge is 0.361 e. The molecule has 1 aromatic carbocycles. The maximum atomic E-state index is 12.7. The summed E-state index contributed by atoms with van der Waals surface area (Å²) in [6.07, 6.45) is 8.93. The molecule has 1 aliphatic carbocycles. The fourth-order valence-corrected chi connectivity index (χ4v) is 4.09. The highest BCUT2D eigenvalue weighted by atomic mass is 16.2. The number of nitriles is 1. The van der Waals surface area contributed by atoms with Gasteiger partial charge in [0.15, 0.2) is 0 Å². The normalized spacial score (nSPS) is 20.6. The molecule has 2 aliphatic rings. The van der Waals surface area contributed by atoms with Gasteiger partial charge in [-0.25, -0.2) is 4.98 Å². The van der Waals surface area contributed by atoms with Crippen molar-refractivity contribution in [1.82, 2.24) is 19.8 Å². The van der Waals surface area contributed by atoms with Crippen LogP contribution in [0.5, 0.6) is 0 Å². The molecule has 8 nitrogen and oxygen atoms in total. The van der Waals surface area contributed by atoms with E-state index in [9.17, 15) is 4.79 Å². The highest BCUT2D eigenvalue weighted by Crippen LogP contribution is 2.28. The predicted molar refractivity (Wildman–Crippen MR) is 129 cm³/mol. The molecule has 1 saturated heterocycles. The molecule has 0 saturated carbocycles. The molecular formula is C25H29N7O. The molecule has 0 radical (unpaired) electrons. The summed E-state index contributed by atoms with van der Waals surface area (Å²) in [5.41, 5.74) is 2.26. The number of hydrogen-bond donors (Lipinski definition) is 2. The van der Waals surface area contributed by atoms with E-state index in [4.69, 9.17) is 5.26 Å². The number of amides is 1. The molecule has 33 heavy (non-hydrogen) atoms. The molecule has 0 bridgehead atoms. The van der Waals surface area contributed by atoms with Gasteiger partial charge in [0.25, 0.3) is 5.91 Å². The molecular weight excluding hydrogens is 414 g/mol. The quantitative estimate of drug-likeness (QED) is 0.704. The highest BCUT2D eigenvalue weighted by Gasteiger charge is 2.25. The molecule has 1 fully saturated rings. The van der Waals surface area contributed by atoms with Crippen LogP contribution in [0.2, 0.25) is 0 Å². The summed E-state index contributed by atoms with van der Waals surface area (Å²) in [5, 5.41) is 15.7. The van der Waals surface area contributed by atoms with Gasteiger partial charge in [0.2, 0.25) is 5.95 Å². The lowest BCUT2D eigenvalue weighted by atomic mass is 9.87. The van der Waals surface area contributed by atoms with Crippen molar-refractivity contribution >= 4 is 23.4 Å². The number of carbonyl (C=O) groups excluding carboxylic acids is 1. The minimum Gasteiger partial charge on any atom is -0.361 e. The molecule has 1 atom stereocenters. The number of carbonyl (C=O) groups is 1. The van der Waals surface area contributed by atoms with Crippen LogP contribution in [0, 0.1) is 11.3 Å². The highest BCUT2D eigenvalue weighted by molar-refractivity contribution is 5.94. The first kappa shape index (κ1) is 22.5. The minimum atomic E-state index is -0.322. The molecule has 2 N–H and O–H groups in total. The number of likely N-dealkylation sites (N-methyl/N-ethyl adjacent to an activating group) is 1. The third kappa shape index (κ3) is 5.76. The van der Waals surface area contributed by atoms with E-state index in [1.54, 1.807) is 6.20 Å². The van der Waals surface area contributed by atoms with Crippen molar-refractivity contribution in [3.8, 4) is 6.07 Å². The van der Waals surface area contributed by atoms with Crippen molar-refractivity contribution in [1.29, 1.82) is 5.26 Å². The van der Waals surface area contributed by atoms with Crippen LogP contribution in [-0.2, 0) is 0 Å². The van der Waals surface area contributed by atoms with Gasteiger partial charge in [-0.2, -0.15) is 10.2 Å². The summed E-state index contributed by atoms with van der Waals surface area (Å²) < 4.78 is 0. The number of benzene rings is 1. The zero-order valence-electron chi connectivity index (χ0n) is 19.1. The number of nitrogens with one attached hydrogen (secondary N) is 2. The Morgan fingerprint density at radius 2 is 1.94 bits per heavy atom. The van der Waals surface area contributed by atoms with Gasteiger partial charge in [-0.05, 0) is 50.7 Å². The van der Waals surface area contributed by atoms with Gasteiger partial charge in [-0.15, -0.1) is 0 Å². The fourth-order valence-electron chi connectivity index (χ4n) is 4.09. The van der Waals surface area contributed by atoms with E-state index in [2.05, 4.69) is 51.6 Å². The van der Waals surface area contributed by atoms with Crippen LogP contribution in [0.25, 0.3) is 0 Å². The molecule has 4 rings (SSSR count). The maximum absolute atomic E-state index is 12.7. The first-order valence-electron chi connectivity index (χ1n) is 11.1. The van der Waals surface area contributed by atoms with Crippen LogP contribution in [-0.4, -0.2) is 64.4 Å². The first-order valence-corrected chi connectivity index (χ1v) is 11.1. The van der Waals surface area contributed by atoms with E-state index in [0.717, 1.165) is 43.9 Å². The Bertz CT molecular complexity index is 1090. The van der Waals surface area contributed by atoms with Crippen LogP contribution in [0.15, 0.2) is 60.3 Å². The average molecular weight is 444 g/mol. The fraction of sp³-hybridized carbons (Fsp3) is 0.360. The summed E-state index contributed by atoms with van der Waals surface area (Å²) in [6, 6.07) is 11.5. The van der Waals surface area contributed by atoms with E-state index >= 15 is 0 Å². The Hall–Kier alpha value is -3.70. The van der Waals surface area contributed by atoms with Crippen molar-refractivity contribution in [3.05, 3.63) is 65.9 Å². The van der Waals surface area contributed by atoms with Crippen molar-refractivity contribution < 1.29 is 4.79 Å². The van der Waals surface area contributed by atoms with Crippen molar-refractivity contribution in [2.45, 2.75) is 25.3 Å². The molecule has 170 valence electrons. The second kappa shape index (κ2) is 9.84. The molecule has 0 spiro atoms. The number of piperazine rings is 1. The molecule has 8 heteroatoms. The predicted octanol–water partition coefficient (Wildman–Crippen LogP) is 3.58. The third-order valence-electron chi connectivity index (χ3n) is 5.94. The molecule has 1 aliphatic heterocycles. The van der Waals surface area contributed by atoms with Gasteiger partial charge in [0, 0.05) is 43.6 Å². The topological polar surface area (TPSA) is 97.2 Å². The Labute approximate surface area is 194 Å². The van der Waals surface area contributed by atoms with Crippen LogP contribution in [0.3, 0.4) is 0 Å². The van der Waals surface area contributed by atoms with Crippen LogP contribution < -0.4 is 10.6 Å². The van der Waals surface area contributed by atoms with Crippen molar-refractivity contribution in [2.75, 3.05) is 43.9 Å². The monoisotopic (exact) mass is 443 g/mol. The van der Waals surface area contributed by atoms with Crippen LogP contribution in [0.1, 0.15) is 30.1 Å². The van der Waals surface area contributed by atoms with E-state index in [0.29, 0.717) is 23.8 Å². The number of aromatic nitrogens is 2. The first-order chi connectivity index (χ1) is 15.9. The van der Waals surface area contributed by atoms with E-state index in [-0.39, 0.29) is 11.4 Å². The maximum Gasteiger partial charge on any atom is 0.253 e. The number of nitrogens with zero attached hydrogens (tertiary/aromatic N) is 5. The van der Waals surface area contributed by atoms with Crippen molar-refractivity contribution in [3.63, 3.8) is 0 Å². The van der Waals surface area contributed by atoms with Crippen molar-refractivity contribution in [2.24, 2.45) is 0 Å². The molecule has 1 unspecified atom stereocenters. The minimum absolute atomic E-state index is 0.0655. The number of hydrogen-bond acceptors (Lipinski definition) is 7. The van der Waals surface area contributed by atoms with Gasteiger partial charge in [0.1, 0.15) is 5.82 Å². The molecule has 1 aromatic heterocycles. The lowest BCUT2D eigenvalue weighted by molar-refractivity contribution is 0.0664. The second-order valence-electron chi connectivity index (χ2n) is 8.80. The SMILES string of the molecule is CN1CCN(C(=O)c2ccc(Nc3nccc(NC4(C)C=CC=C(CC#N)C4)n3)cc2)CC1. The lowest BCUT2D eigenvalue weighted by Crippen LogP contribution is -2.47. The summed E-state index contributed by atoms with van der Waals surface area (Å²) in [7, 11) is 2.07. The molecule has 2 heterocycles.